The Bertz CT molecular complexity index is 382. The van der Waals surface area contributed by atoms with E-state index in [1.807, 2.05) is 20.8 Å². The molecule has 0 fully saturated rings. The third kappa shape index (κ3) is 5.67. The van der Waals surface area contributed by atoms with Crippen LogP contribution in [0.5, 0.6) is 0 Å². The molecule has 1 aromatic heterocycles. The molecule has 2 N–H and O–H groups in total. The topological polar surface area (TPSA) is 76.2 Å². The molecule has 1 heterocycles. The molecule has 0 aliphatic rings. The number of imidazole rings is 1. The van der Waals surface area contributed by atoms with Gasteiger partial charge in [-0.3, -0.25) is 0 Å². The minimum atomic E-state index is -0.472. The van der Waals surface area contributed by atoms with Crippen LogP contribution in [0.15, 0.2) is 6.20 Å². The van der Waals surface area contributed by atoms with Crippen LogP contribution in [0.25, 0.3) is 0 Å². The number of nitrogens with zero attached hydrogens (tertiary/aromatic N) is 1. The van der Waals surface area contributed by atoms with Crippen LogP contribution in [0.3, 0.4) is 0 Å². The molecular formula is C12H21N3O3. The van der Waals surface area contributed by atoms with Crippen LogP contribution in [0.1, 0.15) is 32.3 Å². The van der Waals surface area contributed by atoms with Gasteiger partial charge in [0, 0.05) is 26.3 Å². The second kappa shape index (κ2) is 6.39. The fourth-order valence-electron chi connectivity index (χ4n) is 1.35. The summed E-state index contributed by atoms with van der Waals surface area (Å²) in [6.45, 7) is 6.45. The average Bonchev–Trinajstić information content (AvgIpc) is 2.63. The molecule has 1 rings (SSSR count). The highest BCUT2D eigenvalue weighted by atomic mass is 16.6. The summed E-state index contributed by atoms with van der Waals surface area (Å²) < 4.78 is 10.1. The number of hydrogen-bond donors (Lipinski definition) is 2. The molecule has 1 aromatic rings. The van der Waals surface area contributed by atoms with E-state index in [9.17, 15) is 4.79 Å². The molecule has 0 saturated heterocycles. The Hall–Kier alpha value is -1.56. The molecule has 0 radical (unpaired) electrons. The largest absolute Gasteiger partial charge is 0.444 e. The van der Waals surface area contributed by atoms with Gasteiger partial charge in [0.1, 0.15) is 11.4 Å². The SMILES string of the molecule is COCc1c[nH]c(CCNC(=O)OC(C)(C)C)n1. The number of amides is 1. The van der Waals surface area contributed by atoms with Crippen molar-refractivity contribution in [3.05, 3.63) is 17.7 Å². The van der Waals surface area contributed by atoms with Gasteiger partial charge in [0.2, 0.25) is 0 Å². The van der Waals surface area contributed by atoms with Crippen LogP contribution in [0.4, 0.5) is 4.79 Å². The first kappa shape index (κ1) is 14.5. The van der Waals surface area contributed by atoms with E-state index in [2.05, 4.69) is 15.3 Å². The molecule has 6 nitrogen and oxygen atoms in total. The molecule has 0 atom stereocenters. The summed E-state index contributed by atoms with van der Waals surface area (Å²) in [5.74, 6) is 0.818. The third-order valence-corrected chi connectivity index (χ3v) is 2.01. The predicted octanol–water partition coefficient (Wildman–Crippen LogP) is 1.62. The molecule has 6 heteroatoms. The Morgan fingerprint density at radius 2 is 2.22 bits per heavy atom. The summed E-state index contributed by atoms with van der Waals surface area (Å²) in [7, 11) is 1.62. The van der Waals surface area contributed by atoms with Crippen LogP contribution in [0.2, 0.25) is 0 Å². The highest BCUT2D eigenvalue weighted by molar-refractivity contribution is 5.67. The third-order valence-electron chi connectivity index (χ3n) is 2.01. The number of methoxy groups -OCH3 is 1. The monoisotopic (exact) mass is 255 g/mol. The van der Waals surface area contributed by atoms with Gasteiger partial charge in [0.25, 0.3) is 0 Å². The second-order valence-electron chi connectivity index (χ2n) is 4.95. The lowest BCUT2D eigenvalue weighted by Crippen LogP contribution is -2.33. The standard InChI is InChI=1S/C12H21N3O3/c1-12(2,3)18-11(16)13-6-5-10-14-7-9(15-10)8-17-4/h7H,5-6,8H2,1-4H3,(H,13,16)(H,14,15). The fourth-order valence-corrected chi connectivity index (χ4v) is 1.35. The van der Waals surface area contributed by atoms with E-state index in [-0.39, 0.29) is 0 Å². The first-order chi connectivity index (χ1) is 8.40. The van der Waals surface area contributed by atoms with E-state index >= 15 is 0 Å². The lowest BCUT2D eigenvalue weighted by molar-refractivity contribution is 0.0528. The smallest absolute Gasteiger partial charge is 0.407 e. The van der Waals surface area contributed by atoms with Gasteiger partial charge in [0.05, 0.1) is 12.3 Å². The highest BCUT2D eigenvalue weighted by Gasteiger charge is 2.15. The van der Waals surface area contributed by atoms with Crippen LogP contribution in [0, 0.1) is 0 Å². The Morgan fingerprint density at radius 3 is 2.83 bits per heavy atom. The number of alkyl carbamates (subject to hydrolysis) is 1. The number of aromatic nitrogens is 2. The Labute approximate surface area is 107 Å². The maximum absolute atomic E-state index is 11.4. The average molecular weight is 255 g/mol. The van der Waals surface area contributed by atoms with Crippen molar-refractivity contribution in [3.8, 4) is 0 Å². The van der Waals surface area contributed by atoms with Crippen molar-refractivity contribution in [2.24, 2.45) is 0 Å². The van der Waals surface area contributed by atoms with Gasteiger partial charge < -0.3 is 19.8 Å². The Balaban J connectivity index is 2.26. The van der Waals surface area contributed by atoms with Gasteiger partial charge in [-0.2, -0.15) is 0 Å². The van der Waals surface area contributed by atoms with E-state index in [1.165, 1.54) is 0 Å². The van der Waals surface area contributed by atoms with Gasteiger partial charge in [-0.15, -0.1) is 0 Å². The number of H-pyrrole nitrogens is 1. The summed E-state index contributed by atoms with van der Waals surface area (Å²) in [6, 6.07) is 0. The van der Waals surface area contributed by atoms with Crippen molar-refractivity contribution >= 4 is 6.09 Å². The minimum Gasteiger partial charge on any atom is -0.444 e. The van der Waals surface area contributed by atoms with E-state index in [1.54, 1.807) is 13.3 Å². The summed E-state index contributed by atoms with van der Waals surface area (Å²) in [5, 5.41) is 2.68. The molecule has 18 heavy (non-hydrogen) atoms. The maximum atomic E-state index is 11.4. The zero-order valence-electron chi connectivity index (χ0n) is 11.4. The van der Waals surface area contributed by atoms with Crippen LogP contribution < -0.4 is 5.32 Å². The predicted molar refractivity (Wildman–Crippen MR) is 67.2 cm³/mol. The number of carbonyl (C=O) groups is 1. The van der Waals surface area contributed by atoms with Crippen molar-refractivity contribution in [2.45, 2.75) is 39.4 Å². The van der Waals surface area contributed by atoms with E-state index in [4.69, 9.17) is 9.47 Å². The lowest BCUT2D eigenvalue weighted by atomic mass is 10.2. The molecular weight excluding hydrogens is 234 g/mol. The molecule has 0 bridgehead atoms. The van der Waals surface area contributed by atoms with Crippen molar-refractivity contribution in [2.75, 3.05) is 13.7 Å². The molecule has 1 amide bonds. The lowest BCUT2D eigenvalue weighted by Gasteiger charge is -2.19. The molecule has 0 saturated carbocycles. The molecule has 102 valence electrons. The molecule has 0 unspecified atom stereocenters. The van der Waals surface area contributed by atoms with Crippen LogP contribution >= 0.6 is 0 Å². The van der Waals surface area contributed by atoms with Crippen molar-refractivity contribution in [1.29, 1.82) is 0 Å². The summed E-state index contributed by atoms with van der Waals surface area (Å²) >= 11 is 0. The molecule has 0 aromatic carbocycles. The number of ether oxygens (including phenoxy) is 2. The first-order valence-corrected chi connectivity index (χ1v) is 5.89. The highest BCUT2D eigenvalue weighted by Crippen LogP contribution is 2.06. The normalized spacial score (nSPS) is 11.3. The number of aromatic amines is 1. The molecule has 0 spiro atoms. The van der Waals surface area contributed by atoms with E-state index in [0.29, 0.717) is 19.6 Å². The van der Waals surface area contributed by atoms with Gasteiger partial charge >= 0.3 is 6.09 Å². The van der Waals surface area contributed by atoms with Gasteiger partial charge in [-0.25, -0.2) is 9.78 Å². The zero-order valence-corrected chi connectivity index (χ0v) is 11.4. The summed E-state index contributed by atoms with van der Waals surface area (Å²) in [5.41, 5.74) is 0.380. The molecule has 0 aliphatic carbocycles. The summed E-state index contributed by atoms with van der Waals surface area (Å²) in [6.07, 6.45) is 2.01. The van der Waals surface area contributed by atoms with Crippen molar-refractivity contribution < 1.29 is 14.3 Å². The maximum Gasteiger partial charge on any atom is 0.407 e. The fraction of sp³-hybridized carbons (Fsp3) is 0.667. The van der Waals surface area contributed by atoms with Crippen molar-refractivity contribution in [1.82, 2.24) is 15.3 Å². The first-order valence-electron chi connectivity index (χ1n) is 5.89. The Kier molecular flexibility index (Phi) is 5.15. The molecule has 0 aliphatic heterocycles. The number of nitrogens with one attached hydrogen (secondary N) is 2. The quantitative estimate of drug-likeness (QED) is 0.838. The van der Waals surface area contributed by atoms with Crippen LogP contribution in [-0.2, 0) is 22.5 Å². The van der Waals surface area contributed by atoms with Crippen molar-refractivity contribution in [3.63, 3.8) is 0 Å². The number of carbonyl (C=O) groups excluding carboxylic acids is 1. The minimum absolute atomic E-state index is 0.411. The van der Waals surface area contributed by atoms with Gasteiger partial charge in [0.15, 0.2) is 0 Å². The zero-order chi connectivity index (χ0) is 13.6. The van der Waals surface area contributed by atoms with Gasteiger partial charge in [-0.05, 0) is 20.8 Å². The Morgan fingerprint density at radius 1 is 1.50 bits per heavy atom. The van der Waals surface area contributed by atoms with Crippen LogP contribution in [-0.4, -0.2) is 35.3 Å². The van der Waals surface area contributed by atoms with E-state index in [0.717, 1.165) is 11.5 Å². The number of hydrogen-bond acceptors (Lipinski definition) is 4. The second-order valence-corrected chi connectivity index (χ2v) is 4.95. The van der Waals surface area contributed by atoms with E-state index < -0.39 is 11.7 Å². The summed E-state index contributed by atoms with van der Waals surface area (Å²) in [4.78, 5) is 18.7. The number of rotatable bonds is 5. The van der Waals surface area contributed by atoms with Gasteiger partial charge in [-0.1, -0.05) is 0 Å².